The van der Waals surface area contributed by atoms with Crippen molar-refractivity contribution < 1.29 is 114 Å². The zero-order valence-electron chi connectivity index (χ0n) is 2.22. The number of rotatable bonds is 0. The van der Waals surface area contributed by atoms with Crippen molar-refractivity contribution in [2.45, 2.75) is 0 Å². The van der Waals surface area contributed by atoms with Gasteiger partial charge in [0.1, 0.15) is 0 Å². The van der Waals surface area contributed by atoms with Crippen molar-refractivity contribution in [2.75, 3.05) is 0 Å². The van der Waals surface area contributed by atoms with Crippen molar-refractivity contribution in [1.82, 2.24) is 0 Å². The summed E-state index contributed by atoms with van der Waals surface area (Å²) in [4.78, 5) is 0. The Morgan fingerprint density at radius 3 is 1.17 bits per heavy atom. The maximum absolute atomic E-state index is 8.00. The molecule has 0 aromatic carbocycles. The summed E-state index contributed by atoms with van der Waals surface area (Å²) in [7, 11) is 0. The SMILES string of the molecule is [Ce].[La].[Mn].[O]=[Fe].[SrH2]. The Kier molecular flexibility index (Phi) is 167. The van der Waals surface area contributed by atoms with E-state index in [1.165, 1.54) is 0 Å². The average molecular weight is 495 g/mol. The van der Waals surface area contributed by atoms with Gasteiger partial charge in [-0.25, -0.2) is 0 Å². The van der Waals surface area contributed by atoms with Gasteiger partial charge in [0.2, 0.25) is 0 Å². The van der Waals surface area contributed by atoms with E-state index in [9.17, 15) is 0 Å². The molecular formula is H2CeFeLaMnOSr. The van der Waals surface area contributed by atoms with Crippen LogP contribution in [0.1, 0.15) is 0 Å². The van der Waals surface area contributed by atoms with Crippen LogP contribution < -0.4 is 0 Å². The van der Waals surface area contributed by atoms with Crippen LogP contribution in [0.15, 0.2) is 0 Å². The van der Waals surface area contributed by atoms with Gasteiger partial charge in [-0.3, -0.25) is 0 Å². The second-order valence-corrected chi connectivity index (χ2v) is 0. The van der Waals surface area contributed by atoms with Crippen LogP contribution in [0.3, 0.4) is 0 Å². The molecule has 0 fully saturated rings. The fourth-order valence-corrected chi connectivity index (χ4v) is 0. The van der Waals surface area contributed by atoms with Crippen molar-refractivity contribution >= 4 is 45.5 Å². The summed E-state index contributed by atoms with van der Waals surface area (Å²) < 4.78 is 8.00. The standard InChI is InChI=1S/Ce.Fe.La.Mn.O.Sr.2H. The van der Waals surface area contributed by atoms with Gasteiger partial charge >= 0.3 is 65.3 Å². The van der Waals surface area contributed by atoms with Crippen molar-refractivity contribution in [2.24, 2.45) is 0 Å². The average Bonchev–Trinajstić information content (AvgIpc) is 1.00. The fourth-order valence-electron chi connectivity index (χ4n) is 0. The van der Waals surface area contributed by atoms with E-state index in [0.29, 0.717) is 0 Å². The van der Waals surface area contributed by atoms with Gasteiger partial charge < -0.3 is 0 Å². The summed E-state index contributed by atoms with van der Waals surface area (Å²) in [5.41, 5.74) is 0. The second kappa shape index (κ2) is 32.7. The molecule has 0 aliphatic carbocycles. The van der Waals surface area contributed by atoms with E-state index in [4.69, 9.17) is 3.83 Å². The van der Waals surface area contributed by atoms with Crippen molar-refractivity contribution in [3.63, 3.8) is 0 Å². The molecule has 0 heterocycles. The molecule has 0 atom stereocenters. The molecule has 6 heavy (non-hydrogen) atoms. The molecule has 0 rings (SSSR count). The van der Waals surface area contributed by atoms with Crippen LogP contribution >= 0.6 is 0 Å². The molecular weight excluding hydrogens is 493 g/mol. The Morgan fingerprint density at radius 1 is 1.17 bits per heavy atom. The summed E-state index contributed by atoms with van der Waals surface area (Å²) in [5.74, 6) is 0. The van der Waals surface area contributed by atoms with Crippen LogP contribution in [0.25, 0.3) is 0 Å². The predicted octanol–water partition coefficient (Wildman–Crippen LogP) is -1.04. The molecule has 0 unspecified atom stereocenters. The molecule has 0 saturated carbocycles. The summed E-state index contributed by atoms with van der Waals surface area (Å²) >= 11 is 2.00. The monoisotopic (exact) mass is 496 g/mol. The first-order valence-corrected chi connectivity index (χ1v) is 0.595. The molecule has 0 N–H and O–H groups in total. The van der Waals surface area contributed by atoms with Gasteiger partial charge in [-0.1, -0.05) is 0 Å². The maximum atomic E-state index is 8.00. The first-order valence-electron chi connectivity index (χ1n) is 0.144. The van der Waals surface area contributed by atoms with Crippen LogP contribution in [0.4, 0.5) is 0 Å². The van der Waals surface area contributed by atoms with Crippen LogP contribution in [0.5, 0.6) is 0 Å². The summed E-state index contributed by atoms with van der Waals surface area (Å²) in [6, 6.07) is 0. The summed E-state index contributed by atoms with van der Waals surface area (Å²) in [6.45, 7) is 0. The van der Waals surface area contributed by atoms with Gasteiger partial charge in [0.25, 0.3) is 0 Å². The Morgan fingerprint density at radius 2 is 1.17 bits per heavy atom. The molecule has 1 nitrogen and oxygen atoms in total. The zero-order chi connectivity index (χ0) is 2.00. The van der Waals surface area contributed by atoms with Gasteiger partial charge in [-0.15, -0.1) is 0 Å². The summed E-state index contributed by atoms with van der Waals surface area (Å²) in [5, 5.41) is 0. The quantitative estimate of drug-likeness (QED) is 0.393. The molecule has 0 spiro atoms. The van der Waals surface area contributed by atoms with E-state index >= 15 is 0 Å². The first-order chi connectivity index (χ1) is 1.00. The van der Waals surface area contributed by atoms with Crippen LogP contribution in [0.2, 0.25) is 0 Å². The molecule has 6 heteroatoms. The Balaban J connectivity index is -0.000000000833. The van der Waals surface area contributed by atoms with E-state index in [2.05, 4.69) is 0 Å². The van der Waals surface area contributed by atoms with Crippen LogP contribution in [-0.2, 0) is 36.8 Å². The molecule has 0 aliphatic heterocycles. The number of hydrogen-bond donors (Lipinski definition) is 0. The third-order valence-corrected chi connectivity index (χ3v) is 0. The second-order valence-electron chi connectivity index (χ2n) is 0. The van der Waals surface area contributed by atoms with Crippen LogP contribution in [-0.4, -0.2) is 45.5 Å². The minimum absolute atomic E-state index is 0. The van der Waals surface area contributed by atoms with Gasteiger partial charge in [0.05, 0.1) is 0 Å². The minimum atomic E-state index is 0. The molecule has 0 aliphatic rings. The normalized spacial score (nSPS) is 0.833. The van der Waals surface area contributed by atoms with E-state index in [-0.39, 0.29) is 140 Å². The van der Waals surface area contributed by atoms with Gasteiger partial charge in [0, 0.05) is 94.4 Å². The zero-order valence-corrected chi connectivity index (χ0v) is 11.3. The molecule has 0 aromatic rings. The van der Waals surface area contributed by atoms with Crippen molar-refractivity contribution in [3.8, 4) is 0 Å². The van der Waals surface area contributed by atoms with Gasteiger partial charge in [-0.2, -0.15) is 0 Å². The third-order valence-electron chi connectivity index (χ3n) is 0. The molecule has 0 saturated heterocycles. The topological polar surface area (TPSA) is 17.1 Å². The van der Waals surface area contributed by atoms with Crippen LogP contribution in [0, 0.1) is 77.3 Å². The van der Waals surface area contributed by atoms with Crippen molar-refractivity contribution in [3.05, 3.63) is 0 Å². The number of hydrogen-bond acceptors (Lipinski definition) is 1. The van der Waals surface area contributed by atoms with Gasteiger partial charge in [0.15, 0.2) is 0 Å². The molecule has 2 radical (unpaired) electrons. The molecule has 32 valence electrons. The Labute approximate surface area is 155 Å². The van der Waals surface area contributed by atoms with E-state index < -0.39 is 0 Å². The Hall–Kier alpha value is 4.89. The fraction of sp³-hybridized carbons (Fsp3) is 0. The first kappa shape index (κ1) is 30.7. The third kappa shape index (κ3) is 23.1. The molecule has 0 bridgehead atoms. The van der Waals surface area contributed by atoms with E-state index in [1.54, 1.807) is 0 Å². The van der Waals surface area contributed by atoms with Crippen molar-refractivity contribution in [1.29, 1.82) is 0 Å². The Bertz CT molecular complexity index is 15.5. The van der Waals surface area contributed by atoms with E-state index in [0.717, 1.165) is 0 Å². The van der Waals surface area contributed by atoms with E-state index in [1.807, 2.05) is 15.9 Å². The predicted molar refractivity (Wildman–Crippen MR) is 9.23 cm³/mol. The molecule has 0 aromatic heterocycles. The summed E-state index contributed by atoms with van der Waals surface area (Å²) in [6.07, 6.45) is 0. The van der Waals surface area contributed by atoms with Gasteiger partial charge in [-0.05, 0) is 0 Å². The molecule has 0 amide bonds.